The third-order valence-electron chi connectivity index (χ3n) is 6.99. The molecule has 1 atom stereocenters. The molecule has 0 aliphatic carbocycles. The first-order valence-electron chi connectivity index (χ1n) is 12.0. The van der Waals surface area contributed by atoms with E-state index in [1.54, 1.807) is 18.7 Å². The van der Waals surface area contributed by atoms with Gasteiger partial charge in [-0.25, -0.2) is 5.01 Å². The van der Waals surface area contributed by atoms with Crippen LogP contribution in [0.5, 0.6) is 0 Å². The molecule has 178 valence electrons. The Bertz CT molecular complexity index is 1470. The Morgan fingerprint density at radius 1 is 0.694 bits per heavy atom. The highest BCUT2D eigenvalue weighted by atomic mass is 32.2. The van der Waals surface area contributed by atoms with Crippen molar-refractivity contribution < 1.29 is 4.79 Å². The Morgan fingerprint density at radius 2 is 1.19 bits per heavy atom. The SMILES string of the molecule is CC(=O)C1=NN(c2ccccc2)[C@]2(S1)SC(c1ccccc1C)(c1ccccc1C)c1ccccc12. The highest BCUT2D eigenvalue weighted by Gasteiger charge is 2.62. The largest absolute Gasteiger partial charge is 0.292 e. The molecule has 4 aromatic rings. The Hall–Kier alpha value is -3.28. The van der Waals surface area contributed by atoms with E-state index in [9.17, 15) is 4.79 Å². The minimum absolute atomic E-state index is 0.0137. The maximum absolute atomic E-state index is 12.7. The highest BCUT2D eigenvalue weighted by Crippen LogP contribution is 2.71. The second-order valence-electron chi connectivity index (χ2n) is 9.25. The van der Waals surface area contributed by atoms with Gasteiger partial charge in [-0.3, -0.25) is 4.79 Å². The van der Waals surface area contributed by atoms with E-state index < -0.39 is 8.95 Å². The molecular formula is C31H26N2OS2. The molecule has 0 saturated carbocycles. The van der Waals surface area contributed by atoms with Gasteiger partial charge in [0.15, 0.2) is 15.0 Å². The number of aryl methyl sites for hydroxylation is 2. The lowest BCUT2D eigenvalue weighted by Gasteiger charge is -2.38. The van der Waals surface area contributed by atoms with Crippen LogP contribution in [0.4, 0.5) is 5.69 Å². The summed E-state index contributed by atoms with van der Waals surface area (Å²) < 4.78 is -1.11. The third-order valence-corrected chi connectivity index (χ3v) is 10.4. The number of rotatable bonds is 4. The molecule has 2 aliphatic rings. The monoisotopic (exact) mass is 506 g/mol. The molecule has 0 N–H and O–H groups in total. The van der Waals surface area contributed by atoms with Crippen LogP contribution in [0.1, 0.15) is 40.3 Å². The van der Waals surface area contributed by atoms with Gasteiger partial charge in [0.2, 0.25) is 0 Å². The van der Waals surface area contributed by atoms with E-state index >= 15 is 0 Å². The first kappa shape index (κ1) is 23.1. The molecule has 0 radical (unpaired) electrons. The van der Waals surface area contributed by atoms with Crippen LogP contribution >= 0.6 is 23.5 Å². The van der Waals surface area contributed by atoms with Crippen LogP contribution in [0, 0.1) is 13.8 Å². The molecule has 1 spiro atoms. The first-order chi connectivity index (χ1) is 17.5. The summed E-state index contributed by atoms with van der Waals surface area (Å²) in [6, 6.07) is 36.2. The van der Waals surface area contributed by atoms with Crippen molar-refractivity contribution in [1.29, 1.82) is 0 Å². The van der Waals surface area contributed by atoms with Gasteiger partial charge in [-0.2, -0.15) is 5.10 Å². The maximum Gasteiger partial charge on any atom is 0.187 e. The zero-order valence-corrected chi connectivity index (χ0v) is 22.1. The smallest absolute Gasteiger partial charge is 0.187 e. The van der Waals surface area contributed by atoms with Crippen molar-refractivity contribution in [2.45, 2.75) is 29.7 Å². The summed E-state index contributed by atoms with van der Waals surface area (Å²) in [5.41, 5.74) is 8.39. The average molecular weight is 507 g/mol. The molecule has 5 heteroatoms. The molecule has 0 saturated heterocycles. The Kier molecular flexibility index (Phi) is 5.58. The van der Waals surface area contributed by atoms with Crippen LogP contribution in [-0.2, 0) is 13.7 Å². The number of hydrazone groups is 1. The number of para-hydroxylation sites is 1. The van der Waals surface area contributed by atoms with E-state index in [1.165, 1.54) is 33.4 Å². The van der Waals surface area contributed by atoms with Crippen LogP contribution in [0.3, 0.4) is 0 Å². The van der Waals surface area contributed by atoms with Crippen LogP contribution in [-0.4, -0.2) is 10.8 Å². The summed E-state index contributed by atoms with van der Waals surface area (Å²) in [5.74, 6) is -0.0137. The number of anilines is 1. The second-order valence-corrected chi connectivity index (χ2v) is 12.1. The molecule has 0 bridgehead atoms. The molecule has 3 nitrogen and oxygen atoms in total. The van der Waals surface area contributed by atoms with Gasteiger partial charge in [-0.1, -0.05) is 115 Å². The number of carbonyl (C=O) groups excluding carboxylic acids is 1. The summed E-state index contributed by atoms with van der Waals surface area (Å²) >= 11 is 3.44. The zero-order chi connectivity index (χ0) is 24.9. The predicted molar refractivity (Wildman–Crippen MR) is 153 cm³/mol. The van der Waals surface area contributed by atoms with Gasteiger partial charge in [-0.05, 0) is 53.8 Å². The summed E-state index contributed by atoms with van der Waals surface area (Å²) in [5, 5.41) is 7.53. The number of Topliss-reactive ketones (excluding diaryl/α,β-unsaturated/α-hetero) is 1. The van der Waals surface area contributed by atoms with Crippen LogP contribution in [0.2, 0.25) is 0 Å². The van der Waals surface area contributed by atoms with E-state index in [0.717, 1.165) is 5.69 Å². The topological polar surface area (TPSA) is 32.7 Å². The van der Waals surface area contributed by atoms with Crippen molar-refractivity contribution in [3.05, 3.63) is 137 Å². The number of benzene rings is 4. The summed E-state index contributed by atoms with van der Waals surface area (Å²) in [6.45, 7) is 5.99. The van der Waals surface area contributed by atoms with Gasteiger partial charge in [-0.15, -0.1) is 0 Å². The number of ketones is 1. The van der Waals surface area contributed by atoms with Crippen molar-refractivity contribution in [1.82, 2.24) is 0 Å². The molecule has 0 unspecified atom stereocenters. The highest BCUT2D eigenvalue weighted by molar-refractivity contribution is 8.27. The van der Waals surface area contributed by atoms with E-state index in [2.05, 4.69) is 104 Å². The Balaban J connectivity index is 1.69. The summed E-state index contributed by atoms with van der Waals surface area (Å²) in [6.07, 6.45) is 0. The van der Waals surface area contributed by atoms with Gasteiger partial charge in [0, 0.05) is 12.5 Å². The lowest BCUT2D eigenvalue weighted by atomic mass is 9.79. The minimum Gasteiger partial charge on any atom is -0.292 e. The molecule has 0 fully saturated rings. The van der Waals surface area contributed by atoms with Crippen molar-refractivity contribution in [2.24, 2.45) is 5.10 Å². The Morgan fingerprint density at radius 3 is 1.75 bits per heavy atom. The van der Waals surface area contributed by atoms with Gasteiger partial charge >= 0.3 is 0 Å². The van der Waals surface area contributed by atoms with Crippen LogP contribution in [0.25, 0.3) is 0 Å². The number of hydrogen-bond donors (Lipinski definition) is 0. The fourth-order valence-corrected chi connectivity index (χ4v) is 9.12. The molecule has 0 aromatic heterocycles. The summed E-state index contributed by atoms with van der Waals surface area (Å²) in [7, 11) is 0. The Labute approximate surface area is 220 Å². The fourth-order valence-electron chi connectivity index (χ4n) is 5.39. The lowest BCUT2D eigenvalue weighted by molar-refractivity contribution is -0.110. The second kappa shape index (κ2) is 8.68. The van der Waals surface area contributed by atoms with Gasteiger partial charge in [0.05, 0.1) is 10.4 Å². The molecule has 4 aromatic carbocycles. The molecule has 36 heavy (non-hydrogen) atoms. The third kappa shape index (κ3) is 3.30. The van der Waals surface area contributed by atoms with E-state index in [-0.39, 0.29) is 5.78 Å². The van der Waals surface area contributed by atoms with E-state index in [0.29, 0.717) is 5.04 Å². The van der Waals surface area contributed by atoms with Crippen LogP contribution in [0.15, 0.2) is 108 Å². The van der Waals surface area contributed by atoms with E-state index in [4.69, 9.17) is 5.10 Å². The normalized spacial score (nSPS) is 19.9. The van der Waals surface area contributed by atoms with Crippen molar-refractivity contribution in [3.8, 4) is 0 Å². The summed E-state index contributed by atoms with van der Waals surface area (Å²) in [4.78, 5) is 12.7. The zero-order valence-electron chi connectivity index (χ0n) is 20.4. The van der Waals surface area contributed by atoms with Crippen molar-refractivity contribution in [3.63, 3.8) is 0 Å². The van der Waals surface area contributed by atoms with Crippen molar-refractivity contribution in [2.75, 3.05) is 5.01 Å². The number of carbonyl (C=O) groups is 1. The molecule has 2 aliphatic heterocycles. The van der Waals surface area contributed by atoms with E-state index in [1.807, 2.05) is 30.0 Å². The molecule has 6 rings (SSSR count). The lowest BCUT2D eigenvalue weighted by Crippen LogP contribution is -2.34. The van der Waals surface area contributed by atoms with Gasteiger partial charge in [0.1, 0.15) is 0 Å². The predicted octanol–water partition coefficient (Wildman–Crippen LogP) is 7.61. The maximum atomic E-state index is 12.7. The number of fused-ring (bicyclic) bond motifs is 2. The minimum atomic E-state index is -0.635. The number of hydrogen-bond acceptors (Lipinski definition) is 5. The van der Waals surface area contributed by atoms with Gasteiger partial charge in [0.25, 0.3) is 0 Å². The first-order valence-corrected chi connectivity index (χ1v) is 13.7. The van der Waals surface area contributed by atoms with Crippen LogP contribution < -0.4 is 5.01 Å². The van der Waals surface area contributed by atoms with Gasteiger partial charge < -0.3 is 0 Å². The quantitative estimate of drug-likeness (QED) is 0.285. The van der Waals surface area contributed by atoms with Crippen molar-refractivity contribution >= 4 is 40.0 Å². The average Bonchev–Trinajstić information content (AvgIpc) is 3.43. The fraction of sp³-hybridized carbons (Fsp3) is 0.161. The standard InChI is InChI=1S/C31H26N2OS2/c1-21-13-7-9-17-25(21)30(26-18-10-8-14-22(26)2)27-19-11-12-20-28(27)31(36-30)33(24-15-5-4-6-16-24)32-29(35-31)23(3)34/h4-20H,1-3H3/t31-/m1/s1. The number of thioether (sulfide) groups is 2. The molecule has 0 amide bonds. The number of nitrogens with zero attached hydrogens (tertiary/aromatic N) is 2. The molecular weight excluding hydrogens is 480 g/mol. The molecule has 2 heterocycles.